The van der Waals surface area contributed by atoms with Gasteiger partial charge in [0.25, 0.3) is 5.91 Å². The van der Waals surface area contributed by atoms with E-state index < -0.39 is 11.7 Å². The molecule has 7 nitrogen and oxygen atoms in total. The third kappa shape index (κ3) is 5.77. The number of halogens is 1. The Bertz CT molecular complexity index is 1450. The molecule has 1 atom stereocenters. The number of hydrogen-bond acceptors (Lipinski definition) is 5. The lowest BCUT2D eigenvalue weighted by Crippen LogP contribution is -2.25. The number of carbonyl (C=O) groups is 1. The number of rotatable bonds is 10. The number of hydrogen-bond donors (Lipinski definition) is 3. The van der Waals surface area contributed by atoms with Crippen molar-refractivity contribution in [2.75, 3.05) is 19.0 Å². The molecule has 4 N–H and O–H groups in total. The average Bonchev–Trinajstić information content (AvgIpc) is 3.69. The molecular formula is C30H32FN5O2. The summed E-state index contributed by atoms with van der Waals surface area (Å²) in [5.41, 5.74) is 10.4. The Kier molecular flexibility index (Phi) is 7.53. The van der Waals surface area contributed by atoms with E-state index in [1.807, 2.05) is 55.5 Å². The number of benzene rings is 3. The van der Waals surface area contributed by atoms with E-state index in [1.165, 1.54) is 18.9 Å². The maximum atomic E-state index is 15.0. The maximum absolute atomic E-state index is 15.0. The Hall–Kier alpha value is -4.01. The smallest absolute Gasteiger partial charge is 0.274 e. The Morgan fingerprint density at radius 1 is 1.11 bits per heavy atom. The highest BCUT2D eigenvalue weighted by atomic mass is 19.1. The predicted octanol–water partition coefficient (Wildman–Crippen LogP) is 5.13. The lowest BCUT2D eigenvalue weighted by molar-refractivity contribution is 0.101. The summed E-state index contributed by atoms with van der Waals surface area (Å²) in [7, 11) is 1.63. The molecule has 196 valence electrons. The minimum Gasteiger partial charge on any atom is -0.497 e. The second-order valence-corrected chi connectivity index (χ2v) is 9.71. The first-order chi connectivity index (χ1) is 18.4. The monoisotopic (exact) mass is 513 g/mol. The molecule has 1 heterocycles. The van der Waals surface area contributed by atoms with Crippen LogP contribution in [-0.4, -0.2) is 29.3 Å². The van der Waals surface area contributed by atoms with Gasteiger partial charge in [-0.1, -0.05) is 30.3 Å². The third-order valence-electron chi connectivity index (χ3n) is 6.76. The van der Waals surface area contributed by atoms with Crippen molar-refractivity contribution in [2.24, 2.45) is 11.7 Å². The Balaban J connectivity index is 1.45. The number of anilines is 1. The molecule has 4 aromatic rings. The molecule has 1 aliphatic carbocycles. The molecule has 1 unspecified atom stereocenters. The predicted molar refractivity (Wildman–Crippen MR) is 146 cm³/mol. The lowest BCUT2D eigenvalue weighted by Gasteiger charge is -2.21. The van der Waals surface area contributed by atoms with Crippen molar-refractivity contribution in [3.05, 3.63) is 107 Å². The zero-order valence-corrected chi connectivity index (χ0v) is 21.6. The minimum atomic E-state index is -0.512. The SMILES string of the molecule is COc1cccc(C(NCC2CC2)c2ccc(F)c(NC(=O)c3cc(C)nn3-c3cccc(CN)c3)c2)c1. The van der Waals surface area contributed by atoms with Gasteiger partial charge < -0.3 is 21.1 Å². The fourth-order valence-corrected chi connectivity index (χ4v) is 4.53. The molecule has 8 heteroatoms. The number of carbonyl (C=O) groups excluding carboxylic acids is 1. The Morgan fingerprint density at radius 2 is 1.89 bits per heavy atom. The molecule has 3 aromatic carbocycles. The van der Waals surface area contributed by atoms with E-state index >= 15 is 0 Å². The van der Waals surface area contributed by atoms with Gasteiger partial charge in [0.2, 0.25) is 0 Å². The summed E-state index contributed by atoms with van der Waals surface area (Å²) in [5.74, 6) is 0.438. The van der Waals surface area contributed by atoms with Crippen molar-refractivity contribution in [1.82, 2.24) is 15.1 Å². The van der Waals surface area contributed by atoms with Crippen molar-refractivity contribution < 1.29 is 13.9 Å². The van der Waals surface area contributed by atoms with Crippen molar-refractivity contribution in [1.29, 1.82) is 0 Å². The van der Waals surface area contributed by atoms with E-state index in [9.17, 15) is 9.18 Å². The van der Waals surface area contributed by atoms with E-state index in [0.717, 1.165) is 29.0 Å². The van der Waals surface area contributed by atoms with Crippen LogP contribution in [0.5, 0.6) is 5.75 Å². The van der Waals surface area contributed by atoms with Gasteiger partial charge in [-0.05, 0) is 91.4 Å². The largest absolute Gasteiger partial charge is 0.497 e. The van der Waals surface area contributed by atoms with E-state index in [0.29, 0.717) is 29.5 Å². The molecular weight excluding hydrogens is 481 g/mol. The molecule has 1 saturated carbocycles. The Labute approximate surface area is 221 Å². The molecule has 38 heavy (non-hydrogen) atoms. The first-order valence-corrected chi connectivity index (χ1v) is 12.8. The van der Waals surface area contributed by atoms with Gasteiger partial charge in [0, 0.05) is 6.54 Å². The van der Waals surface area contributed by atoms with Crippen LogP contribution in [0.2, 0.25) is 0 Å². The van der Waals surface area contributed by atoms with Crippen LogP contribution in [0, 0.1) is 18.7 Å². The normalized spacial score (nSPS) is 13.8. The highest BCUT2D eigenvalue weighted by molar-refractivity contribution is 6.03. The molecule has 1 fully saturated rings. The second kappa shape index (κ2) is 11.2. The molecule has 5 rings (SSSR count). The van der Waals surface area contributed by atoms with Gasteiger partial charge in [-0.2, -0.15) is 5.10 Å². The highest BCUT2D eigenvalue weighted by Crippen LogP contribution is 2.32. The number of ether oxygens (including phenoxy) is 1. The average molecular weight is 514 g/mol. The summed E-state index contributed by atoms with van der Waals surface area (Å²) in [5, 5.41) is 10.9. The summed E-state index contributed by atoms with van der Waals surface area (Å²) in [4.78, 5) is 13.4. The summed E-state index contributed by atoms with van der Waals surface area (Å²) in [6, 6.07) is 21.7. The fraction of sp³-hybridized carbons (Fsp3) is 0.267. The molecule has 0 aliphatic heterocycles. The fourth-order valence-electron chi connectivity index (χ4n) is 4.53. The first kappa shape index (κ1) is 25.6. The van der Waals surface area contributed by atoms with Gasteiger partial charge in [0.15, 0.2) is 0 Å². The second-order valence-electron chi connectivity index (χ2n) is 9.71. The van der Waals surface area contributed by atoms with Crippen molar-refractivity contribution in [3.8, 4) is 11.4 Å². The van der Waals surface area contributed by atoms with Gasteiger partial charge in [-0.15, -0.1) is 0 Å². The summed E-state index contributed by atoms with van der Waals surface area (Å²) >= 11 is 0. The first-order valence-electron chi connectivity index (χ1n) is 12.8. The number of nitrogens with two attached hydrogens (primary N) is 1. The van der Waals surface area contributed by atoms with Crippen molar-refractivity contribution in [2.45, 2.75) is 32.4 Å². The van der Waals surface area contributed by atoms with Gasteiger partial charge >= 0.3 is 0 Å². The Morgan fingerprint density at radius 3 is 2.66 bits per heavy atom. The van der Waals surface area contributed by atoms with E-state index in [4.69, 9.17) is 10.5 Å². The number of aromatic nitrogens is 2. The molecule has 0 radical (unpaired) electrons. The van der Waals surface area contributed by atoms with Crippen molar-refractivity contribution in [3.63, 3.8) is 0 Å². The van der Waals surface area contributed by atoms with Crippen LogP contribution in [0.25, 0.3) is 5.69 Å². The van der Waals surface area contributed by atoms with Gasteiger partial charge in [-0.3, -0.25) is 4.79 Å². The zero-order valence-electron chi connectivity index (χ0n) is 21.6. The summed E-state index contributed by atoms with van der Waals surface area (Å²) < 4.78 is 22.0. The van der Waals surface area contributed by atoms with E-state index in [2.05, 4.69) is 15.7 Å². The van der Waals surface area contributed by atoms with Gasteiger partial charge in [0.05, 0.1) is 30.2 Å². The number of aryl methyl sites for hydroxylation is 1. The topological polar surface area (TPSA) is 94.2 Å². The highest BCUT2D eigenvalue weighted by Gasteiger charge is 2.25. The van der Waals surface area contributed by atoms with Gasteiger partial charge in [0.1, 0.15) is 17.3 Å². The number of methoxy groups -OCH3 is 1. The molecule has 1 amide bonds. The zero-order chi connectivity index (χ0) is 26.6. The molecule has 0 bridgehead atoms. The van der Waals surface area contributed by atoms with Crippen LogP contribution in [0.1, 0.15) is 51.8 Å². The number of nitrogens with one attached hydrogen (secondary N) is 2. The number of amides is 1. The van der Waals surface area contributed by atoms with E-state index in [1.54, 1.807) is 30.0 Å². The van der Waals surface area contributed by atoms with Crippen LogP contribution < -0.4 is 21.1 Å². The van der Waals surface area contributed by atoms with Crippen LogP contribution in [-0.2, 0) is 6.54 Å². The minimum absolute atomic E-state index is 0.106. The molecule has 1 aromatic heterocycles. The van der Waals surface area contributed by atoms with Crippen LogP contribution >= 0.6 is 0 Å². The van der Waals surface area contributed by atoms with Crippen LogP contribution in [0.4, 0.5) is 10.1 Å². The maximum Gasteiger partial charge on any atom is 0.274 e. The summed E-state index contributed by atoms with van der Waals surface area (Å²) in [6.07, 6.45) is 2.42. The standard InChI is InChI=1S/C30H32FN5O2/c1-19-13-28(36(35-19)24-7-3-5-21(14-24)17-32)30(37)34-27-16-23(11-12-26(27)31)29(33-18-20-9-10-20)22-6-4-8-25(15-22)38-2/h3-8,11-16,20,29,33H,9-10,17-18,32H2,1-2H3,(H,34,37). The molecule has 0 saturated heterocycles. The van der Waals surface area contributed by atoms with Crippen LogP contribution in [0.3, 0.4) is 0 Å². The van der Waals surface area contributed by atoms with Gasteiger partial charge in [-0.25, -0.2) is 9.07 Å². The quantitative estimate of drug-likeness (QED) is 0.273. The molecule has 1 aliphatic rings. The summed E-state index contributed by atoms with van der Waals surface area (Å²) in [6.45, 7) is 3.05. The number of nitrogens with zero attached hydrogens (tertiary/aromatic N) is 2. The lowest BCUT2D eigenvalue weighted by atomic mass is 9.97. The van der Waals surface area contributed by atoms with Crippen LogP contribution in [0.15, 0.2) is 72.8 Å². The van der Waals surface area contributed by atoms with E-state index in [-0.39, 0.29) is 11.7 Å². The molecule has 0 spiro atoms. The third-order valence-corrected chi connectivity index (χ3v) is 6.76. The van der Waals surface area contributed by atoms with Crippen molar-refractivity contribution >= 4 is 11.6 Å².